The summed E-state index contributed by atoms with van der Waals surface area (Å²) in [6.07, 6.45) is 102. The number of hydrogen-bond acceptors (Lipinski definition) is 14. The molecule has 0 aliphatic heterocycles. The lowest BCUT2D eigenvalue weighted by Crippen LogP contribution is -2.30. The van der Waals surface area contributed by atoms with Gasteiger partial charge in [-0.15, -0.1) is 0 Å². The molecule has 0 saturated heterocycles. The minimum absolute atomic E-state index is 0.0826. The maximum atomic E-state index is 13.0. The Bertz CT molecular complexity index is 2580. The molecule has 0 aromatic carbocycles. The highest BCUT2D eigenvalue weighted by Gasteiger charge is 2.29. The van der Waals surface area contributed by atoms with Crippen LogP contribution in [-0.2, 0) is 55.8 Å². The number of aliphatic hydroxyl groups excluding tert-OH is 2. The first kappa shape index (κ1) is 102. The first-order valence-electron chi connectivity index (χ1n) is 41.8. The second kappa shape index (κ2) is 80.7. The maximum Gasteiger partial charge on any atom is 0.472 e. The SMILES string of the molecule is CC/C=C\C/C=C\C/C=C\C/C=C\C/C=C\C/C=C\CCCCCCCCCCC(=O)OCC(COP(=O)(O)OCC(O)COP(=O)(O)OCC(O)COC(=O)CCCCCCCCCCCCCCCCC/C=C\C/C=C\C/C=C\C/C=C\C/C=C\CC)OC(=O)CCCCCCC/C=C\C/C=C\CCC. The predicted octanol–water partition coefficient (Wildman–Crippen LogP) is 25.0. The Morgan fingerprint density at radius 3 is 0.785 bits per heavy atom. The van der Waals surface area contributed by atoms with Crippen LogP contribution in [0.1, 0.15) is 329 Å². The molecule has 5 unspecified atom stereocenters. The largest absolute Gasteiger partial charge is 0.472 e. The number of rotatable bonds is 78. The summed E-state index contributed by atoms with van der Waals surface area (Å²) in [5, 5.41) is 20.7. The van der Waals surface area contributed by atoms with Crippen molar-refractivity contribution in [2.24, 2.45) is 0 Å². The molecular formula is C89H150O16P2. The van der Waals surface area contributed by atoms with E-state index >= 15 is 0 Å². The van der Waals surface area contributed by atoms with Crippen molar-refractivity contribution in [1.82, 2.24) is 0 Å². The minimum Gasteiger partial charge on any atom is -0.463 e. The summed E-state index contributed by atoms with van der Waals surface area (Å²) in [4.78, 5) is 58.7. The Kier molecular flexibility index (Phi) is 77.0. The number of unbranched alkanes of at least 4 members (excludes halogenated alkanes) is 29. The molecule has 0 fully saturated rings. The molecule has 0 spiro atoms. The molecular weight excluding hydrogens is 1390 g/mol. The van der Waals surface area contributed by atoms with Gasteiger partial charge in [0.2, 0.25) is 0 Å². The monoisotopic (exact) mass is 1540 g/mol. The molecule has 0 aliphatic carbocycles. The van der Waals surface area contributed by atoms with E-state index in [0.717, 1.165) is 180 Å². The normalized spacial score (nSPS) is 14.7. The van der Waals surface area contributed by atoms with Crippen LogP contribution in [0.25, 0.3) is 0 Å². The molecule has 612 valence electrons. The lowest BCUT2D eigenvalue weighted by molar-refractivity contribution is -0.161. The number of ether oxygens (including phenoxy) is 3. The van der Waals surface area contributed by atoms with E-state index in [1.165, 1.54) is 89.9 Å². The Morgan fingerprint density at radius 1 is 0.271 bits per heavy atom. The minimum atomic E-state index is -4.94. The molecule has 0 aromatic heterocycles. The molecule has 0 bridgehead atoms. The van der Waals surface area contributed by atoms with Crippen molar-refractivity contribution in [2.45, 2.75) is 347 Å². The molecule has 0 aliphatic rings. The zero-order valence-electron chi connectivity index (χ0n) is 67.0. The van der Waals surface area contributed by atoms with Gasteiger partial charge in [0, 0.05) is 19.3 Å². The van der Waals surface area contributed by atoms with Crippen LogP contribution in [0.5, 0.6) is 0 Å². The summed E-state index contributed by atoms with van der Waals surface area (Å²) in [7, 11) is -9.80. The average molecular weight is 1540 g/mol. The van der Waals surface area contributed by atoms with Gasteiger partial charge in [-0.3, -0.25) is 32.5 Å². The van der Waals surface area contributed by atoms with E-state index in [-0.39, 0.29) is 19.3 Å². The van der Waals surface area contributed by atoms with Crippen LogP contribution in [0.4, 0.5) is 0 Å². The van der Waals surface area contributed by atoms with E-state index in [9.17, 15) is 43.5 Å². The van der Waals surface area contributed by atoms with E-state index in [4.69, 9.17) is 32.3 Å². The Hall–Kier alpha value is -4.83. The highest BCUT2D eigenvalue weighted by atomic mass is 31.2. The lowest BCUT2D eigenvalue weighted by atomic mass is 10.0. The van der Waals surface area contributed by atoms with Gasteiger partial charge >= 0.3 is 33.6 Å². The quantitative estimate of drug-likeness (QED) is 0.0146. The molecule has 0 rings (SSSR count). The van der Waals surface area contributed by atoms with E-state index in [1.807, 2.05) is 0 Å². The van der Waals surface area contributed by atoms with Crippen molar-refractivity contribution >= 4 is 33.6 Å². The smallest absolute Gasteiger partial charge is 0.463 e. The number of esters is 3. The number of phosphoric ester groups is 2. The van der Waals surface area contributed by atoms with Gasteiger partial charge in [0.05, 0.1) is 26.4 Å². The molecule has 18 heteroatoms. The maximum absolute atomic E-state index is 13.0. The van der Waals surface area contributed by atoms with Crippen LogP contribution in [-0.4, -0.2) is 95.9 Å². The zero-order chi connectivity index (χ0) is 78.0. The van der Waals surface area contributed by atoms with Crippen LogP contribution >= 0.6 is 15.6 Å². The number of carbonyl (C=O) groups excluding carboxylic acids is 3. The van der Waals surface area contributed by atoms with Crippen LogP contribution < -0.4 is 0 Å². The summed E-state index contributed by atoms with van der Waals surface area (Å²) in [6.45, 7) is 2.37. The van der Waals surface area contributed by atoms with Gasteiger partial charge in [-0.2, -0.15) is 0 Å². The summed E-state index contributed by atoms with van der Waals surface area (Å²) in [6, 6.07) is 0. The summed E-state index contributed by atoms with van der Waals surface area (Å²) in [5.74, 6) is -1.60. The van der Waals surface area contributed by atoms with Crippen molar-refractivity contribution in [1.29, 1.82) is 0 Å². The second-order valence-electron chi connectivity index (χ2n) is 27.5. The van der Waals surface area contributed by atoms with Crippen molar-refractivity contribution in [3.63, 3.8) is 0 Å². The van der Waals surface area contributed by atoms with Crippen LogP contribution in [0.2, 0.25) is 0 Å². The number of phosphoric acid groups is 2. The predicted molar refractivity (Wildman–Crippen MR) is 445 cm³/mol. The molecule has 4 N–H and O–H groups in total. The highest BCUT2D eigenvalue weighted by Crippen LogP contribution is 2.45. The summed E-state index contributed by atoms with van der Waals surface area (Å²) < 4.78 is 61.2. The molecule has 5 atom stereocenters. The summed E-state index contributed by atoms with van der Waals surface area (Å²) in [5.41, 5.74) is 0. The van der Waals surface area contributed by atoms with Gasteiger partial charge in [0.1, 0.15) is 25.4 Å². The Morgan fingerprint density at radius 2 is 0.495 bits per heavy atom. The molecule has 0 radical (unpaired) electrons. The Labute approximate surface area is 650 Å². The van der Waals surface area contributed by atoms with Crippen molar-refractivity contribution in [2.75, 3.05) is 39.6 Å². The van der Waals surface area contributed by atoms with E-state index in [2.05, 4.69) is 179 Å². The molecule has 0 amide bonds. The van der Waals surface area contributed by atoms with Gasteiger partial charge in [-0.25, -0.2) is 9.13 Å². The molecule has 107 heavy (non-hydrogen) atoms. The first-order chi connectivity index (χ1) is 52.2. The third-order valence-corrected chi connectivity index (χ3v) is 19.1. The van der Waals surface area contributed by atoms with Gasteiger partial charge in [0.15, 0.2) is 6.10 Å². The van der Waals surface area contributed by atoms with Gasteiger partial charge in [-0.1, -0.05) is 326 Å². The fourth-order valence-corrected chi connectivity index (χ4v) is 12.5. The van der Waals surface area contributed by atoms with Crippen molar-refractivity contribution in [3.8, 4) is 0 Å². The number of allylic oxidation sites excluding steroid dienone is 26. The van der Waals surface area contributed by atoms with Crippen molar-refractivity contribution < 1.29 is 75.8 Å². The van der Waals surface area contributed by atoms with Gasteiger partial charge < -0.3 is 34.2 Å². The van der Waals surface area contributed by atoms with E-state index < -0.39 is 91.5 Å². The zero-order valence-corrected chi connectivity index (χ0v) is 68.8. The van der Waals surface area contributed by atoms with Crippen LogP contribution in [0.15, 0.2) is 158 Å². The fourth-order valence-electron chi connectivity index (χ4n) is 10.9. The third kappa shape index (κ3) is 82.0. The average Bonchev–Trinajstić information content (AvgIpc) is 0.902. The van der Waals surface area contributed by atoms with E-state index in [0.29, 0.717) is 19.3 Å². The van der Waals surface area contributed by atoms with Crippen LogP contribution in [0, 0.1) is 0 Å². The molecule has 0 saturated carbocycles. The summed E-state index contributed by atoms with van der Waals surface area (Å²) >= 11 is 0. The van der Waals surface area contributed by atoms with Crippen molar-refractivity contribution in [3.05, 3.63) is 158 Å². The lowest BCUT2D eigenvalue weighted by Gasteiger charge is -2.21. The van der Waals surface area contributed by atoms with Gasteiger partial charge in [-0.05, 0) is 141 Å². The molecule has 16 nitrogen and oxygen atoms in total. The van der Waals surface area contributed by atoms with Gasteiger partial charge in [0.25, 0.3) is 0 Å². The van der Waals surface area contributed by atoms with Crippen LogP contribution in [0.3, 0.4) is 0 Å². The number of aliphatic hydroxyl groups is 2. The molecule has 0 aromatic rings. The third-order valence-electron chi connectivity index (χ3n) is 17.2. The van der Waals surface area contributed by atoms with E-state index in [1.54, 1.807) is 0 Å². The topological polar surface area (TPSA) is 231 Å². The first-order valence-corrected chi connectivity index (χ1v) is 44.8. The molecule has 0 heterocycles. The second-order valence-corrected chi connectivity index (χ2v) is 30.4. The highest BCUT2D eigenvalue weighted by molar-refractivity contribution is 7.47. The fraction of sp³-hybridized carbons (Fsp3) is 0.674. The number of carbonyl (C=O) groups is 3. The Balaban J connectivity index is 4.48. The number of hydrogen-bond donors (Lipinski definition) is 4. The standard InChI is InChI=1S/C89H150O16P2/c1-4-7-10-13-16-19-22-25-27-29-31-33-35-37-39-40-41-42-44-46-47-49-51-53-55-58-60-63-66-69-72-75-87(92)99-78-84(90)79-101-106(95,96)102-80-85(91)81-103-107(97,98)104-83-86(105-89(94)77-74-71-68-65-62-57-24-21-18-15-12-9-6-3)82-100-88(93)76-73-70-67-64-61-59-56-54-52-50-48-45-43-38-36-34-32-30-28-26-23-20-17-14-11-8-5-2/h7-8,10-12,15-17,19-21,24-28,31-34,37-39,43,48,50,84-86,90-91H,4-6,9,13-14,18,22-23,29-30,35-36,40-42,44-47,49,51-83H2,1-3H3,(H,95,96)(H,97,98)/b10-7-,11-8-,15-12-,19-16-,20-17-,24-21-,27-25-,28-26-,33-31-,34-32-,39-37-,43-38-,50-48-.